The third-order valence-corrected chi connectivity index (χ3v) is 5.27. The minimum absolute atomic E-state index is 0.133. The zero-order valence-electron chi connectivity index (χ0n) is 15.8. The van der Waals surface area contributed by atoms with Gasteiger partial charge in [-0.25, -0.2) is 4.79 Å². The molecule has 1 saturated heterocycles. The SMILES string of the molecule is COc1ccc(NC(=O)NC(=O)CN(Cc2cccs2)C[C@@H]2CCCO2)cc1. The quantitative estimate of drug-likeness (QED) is 0.708. The van der Waals surface area contributed by atoms with Crippen LogP contribution < -0.4 is 15.4 Å². The maximum Gasteiger partial charge on any atom is 0.325 e. The lowest BCUT2D eigenvalue weighted by Crippen LogP contribution is -2.43. The van der Waals surface area contributed by atoms with E-state index in [1.807, 2.05) is 22.4 Å². The summed E-state index contributed by atoms with van der Waals surface area (Å²) in [6.45, 7) is 2.23. The Hall–Kier alpha value is -2.42. The maximum atomic E-state index is 12.4. The number of methoxy groups -OCH3 is 1. The largest absolute Gasteiger partial charge is 0.497 e. The number of imide groups is 1. The minimum Gasteiger partial charge on any atom is -0.497 e. The van der Waals surface area contributed by atoms with Crippen molar-refractivity contribution >= 4 is 29.0 Å². The van der Waals surface area contributed by atoms with Crippen LogP contribution in [0.25, 0.3) is 0 Å². The van der Waals surface area contributed by atoms with Crippen molar-refractivity contribution in [2.45, 2.75) is 25.5 Å². The fourth-order valence-corrected chi connectivity index (χ4v) is 3.84. The van der Waals surface area contributed by atoms with Gasteiger partial charge in [0.1, 0.15) is 5.75 Å². The number of hydrogen-bond acceptors (Lipinski definition) is 6. The van der Waals surface area contributed by atoms with Gasteiger partial charge in [0.2, 0.25) is 5.91 Å². The number of hydrogen-bond donors (Lipinski definition) is 2. The lowest BCUT2D eigenvalue weighted by atomic mass is 10.2. The first-order valence-corrected chi connectivity index (χ1v) is 10.1. The molecule has 2 aromatic rings. The van der Waals surface area contributed by atoms with E-state index in [2.05, 4.69) is 10.6 Å². The smallest absolute Gasteiger partial charge is 0.325 e. The van der Waals surface area contributed by atoms with Crippen LogP contribution in [-0.4, -0.2) is 49.7 Å². The molecule has 3 amide bonds. The summed E-state index contributed by atoms with van der Waals surface area (Å²) in [6, 6.07) is 10.4. The van der Waals surface area contributed by atoms with Crippen LogP contribution in [0.1, 0.15) is 17.7 Å². The summed E-state index contributed by atoms with van der Waals surface area (Å²) in [6.07, 6.45) is 2.19. The van der Waals surface area contributed by atoms with E-state index in [4.69, 9.17) is 9.47 Å². The molecule has 1 atom stereocenters. The van der Waals surface area contributed by atoms with Gasteiger partial charge in [-0.2, -0.15) is 0 Å². The van der Waals surface area contributed by atoms with Crippen molar-refractivity contribution in [1.29, 1.82) is 0 Å². The highest BCUT2D eigenvalue weighted by atomic mass is 32.1. The highest BCUT2D eigenvalue weighted by Gasteiger charge is 2.22. The Kier molecular flexibility index (Phi) is 7.41. The number of nitrogens with one attached hydrogen (secondary N) is 2. The van der Waals surface area contributed by atoms with E-state index < -0.39 is 6.03 Å². The maximum absolute atomic E-state index is 12.4. The van der Waals surface area contributed by atoms with Crippen LogP contribution >= 0.6 is 11.3 Å². The molecule has 1 aromatic heterocycles. The minimum atomic E-state index is -0.552. The van der Waals surface area contributed by atoms with Crippen molar-refractivity contribution in [2.75, 3.05) is 32.1 Å². The normalized spacial score (nSPS) is 16.1. The van der Waals surface area contributed by atoms with Gasteiger partial charge in [0.15, 0.2) is 0 Å². The van der Waals surface area contributed by atoms with Crippen molar-refractivity contribution in [3.05, 3.63) is 46.7 Å². The second-order valence-corrected chi connectivity index (χ2v) is 7.65. The third-order valence-electron chi connectivity index (χ3n) is 4.41. The summed E-state index contributed by atoms with van der Waals surface area (Å²) >= 11 is 1.65. The molecule has 0 aliphatic carbocycles. The fourth-order valence-electron chi connectivity index (χ4n) is 3.09. The Morgan fingerprint density at radius 3 is 2.75 bits per heavy atom. The number of nitrogens with zero attached hydrogens (tertiary/aromatic N) is 1. The second kappa shape index (κ2) is 10.2. The highest BCUT2D eigenvalue weighted by Crippen LogP contribution is 2.17. The summed E-state index contributed by atoms with van der Waals surface area (Å²) in [5.74, 6) is 0.348. The summed E-state index contributed by atoms with van der Waals surface area (Å²) in [7, 11) is 1.58. The van der Waals surface area contributed by atoms with Gasteiger partial charge < -0.3 is 14.8 Å². The molecule has 1 aliphatic rings. The van der Waals surface area contributed by atoms with E-state index in [1.165, 1.54) is 4.88 Å². The zero-order valence-corrected chi connectivity index (χ0v) is 16.7. The predicted octanol–water partition coefficient (Wildman–Crippen LogP) is 3.09. The van der Waals surface area contributed by atoms with E-state index >= 15 is 0 Å². The van der Waals surface area contributed by atoms with Crippen LogP contribution in [0.15, 0.2) is 41.8 Å². The molecule has 2 N–H and O–H groups in total. The van der Waals surface area contributed by atoms with E-state index in [1.54, 1.807) is 42.7 Å². The predicted molar refractivity (Wildman–Crippen MR) is 109 cm³/mol. The summed E-state index contributed by atoms with van der Waals surface area (Å²) < 4.78 is 10.8. The van der Waals surface area contributed by atoms with Gasteiger partial charge in [0, 0.05) is 30.3 Å². The van der Waals surface area contributed by atoms with Crippen LogP contribution in [-0.2, 0) is 16.1 Å². The Labute approximate surface area is 168 Å². The fraction of sp³-hybridized carbons (Fsp3) is 0.400. The van der Waals surface area contributed by atoms with E-state index in [0.717, 1.165) is 19.4 Å². The first kappa shape index (κ1) is 20.3. The van der Waals surface area contributed by atoms with Gasteiger partial charge in [-0.15, -0.1) is 11.3 Å². The van der Waals surface area contributed by atoms with Crippen LogP contribution in [0.2, 0.25) is 0 Å². The Morgan fingerprint density at radius 1 is 1.29 bits per heavy atom. The molecular formula is C20H25N3O4S. The standard InChI is InChI=1S/C20H25N3O4S/c1-26-16-8-6-15(7-9-16)21-20(25)22-19(24)14-23(12-17-4-2-10-27-17)13-18-5-3-11-28-18/h3,5-9,11,17H,2,4,10,12-14H2,1H3,(H2,21,22,24,25)/t17-/m0/s1. The van der Waals surface area contributed by atoms with Crippen molar-refractivity contribution in [2.24, 2.45) is 0 Å². The lowest BCUT2D eigenvalue weighted by Gasteiger charge is -2.24. The number of carbonyl (C=O) groups is 2. The van der Waals surface area contributed by atoms with Crippen LogP contribution in [0.3, 0.4) is 0 Å². The van der Waals surface area contributed by atoms with Gasteiger partial charge in [-0.3, -0.25) is 15.0 Å². The van der Waals surface area contributed by atoms with E-state index in [0.29, 0.717) is 24.5 Å². The topological polar surface area (TPSA) is 79.9 Å². The Morgan fingerprint density at radius 2 is 2.11 bits per heavy atom. The molecular weight excluding hydrogens is 378 g/mol. The summed E-state index contributed by atoms with van der Waals surface area (Å²) in [5, 5.41) is 7.06. The van der Waals surface area contributed by atoms with E-state index in [9.17, 15) is 9.59 Å². The van der Waals surface area contributed by atoms with Gasteiger partial charge in [0.25, 0.3) is 0 Å². The van der Waals surface area contributed by atoms with Crippen LogP contribution in [0.4, 0.5) is 10.5 Å². The molecule has 0 unspecified atom stereocenters. The van der Waals surface area contributed by atoms with E-state index in [-0.39, 0.29) is 18.6 Å². The van der Waals surface area contributed by atoms with Gasteiger partial charge >= 0.3 is 6.03 Å². The van der Waals surface area contributed by atoms with Crippen molar-refractivity contribution in [3.8, 4) is 5.75 Å². The number of benzene rings is 1. The second-order valence-electron chi connectivity index (χ2n) is 6.61. The summed E-state index contributed by atoms with van der Waals surface area (Å²) in [5.41, 5.74) is 0.584. The molecule has 3 rings (SSSR count). The van der Waals surface area contributed by atoms with Gasteiger partial charge in [-0.05, 0) is 48.6 Å². The third kappa shape index (κ3) is 6.33. The molecule has 0 saturated carbocycles. The summed E-state index contributed by atoms with van der Waals surface area (Å²) in [4.78, 5) is 27.7. The molecule has 1 fully saturated rings. The van der Waals surface area contributed by atoms with Crippen LogP contribution in [0.5, 0.6) is 5.75 Å². The Balaban J connectivity index is 1.51. The number of thiophene rings is 1. The molecule has 1 aliphatic heterocycles. The molecule has 2 heterocycles. The number of ether oxygens (including phenoxy) is 2. The molecule has 8 heteroatoms. The molecule has 28 heavy (non-hydrogen) atoms. The number of amides is 3. The number of rotatable bonds is 8. The lowest BCUT2D eigenvalue weighted by molar-refractivity contribution is -0.121. The van der Waals surface area contributed by atoms with Crippen LogP contribution in [0, 0.1) is 0 Å². The molecule has 7 nitrogen and oxygen atoms in total. The molecule has 0 spiro atoms. The monoisotopic (exact) mass is 403 g/mol. The van der Waals surface area contributed by atoms with Crippen molar-refractivity contribution in [3.63, 3.8) is 0 Å². The number of urea groups is 1. The van der Waals surface area contributed by atoms with Crippen molar-refractivity contribution < 1.29 is 19.1 Å². The molecule has 1 aromatic carbocycles. The first-order valence-electron chi connectivity index (χ1n) is 9.23. The van der Waals surface area contributed by atoms with Gasteiger partial charge in [0.05, 0.1) is 19.8 Å². The average molecular weight is 404 g/mol. The molecule has 0 bridgehead atoms. The Bertz CT molecular complexity index is 758. The van der Waals surface area contributed by atoms with Crippen molar-refractivity contribution in [1.82, 2.24) is 10.2 Å². The zero-order chi connectivity index (χ0) is 19.8. The number of carbonyl (C=O) groups excluding carboxylic acids is 2. The molecule has 150 valence electrons. The van der Waals surface area contributed by atoms with Gasteiger partial charge in [-0.1, -0.05) is 6.07 Å². The first-order chi connectivity index (χ1) is 13.6. The average Bonchev–Trinajstić information content (AvgIpc) is 3.36. The molecule has 0 radical (unpaired) electrons. The highest BCUT2D eigenvalue weighted by molar-refractivity contribution is 7.09. The number of anilines is 1.